The molecule has 0 aromatic heterocycles. The number of carbonyl (C=O) groups is 1. The van der Waals surface area contributed by atoms with E-state index in [0.29, 0.717) is 45.1 Å². The third-order valence-corrected chi connectivity index (χ3v) is 6.31. The highest BCUT2D eigenvalue weighted by molar-refractivity contribution is 7.89. The van der Waals surface area contributed by atoms with Crippen LogP contribution < -0.4 is 10.1 Å². The van der Waals surface area contributed by atoms with Crippen LogP contribution >= 0.6 is 0 Å². The van der Waals surface area contributed by atoms with Crippen molar-refractivity contribution in [3.8, 4) is 5.75 Å². The van der Waals surface area contributed by atoms with Crippen LogP contribution in [-0.2, 0) is 14.8 Å². The smallest absolute Gasteiger partial charge is 0.257 e. The second kappa shape index (κ2) is 7.69. The Kier molecular flexibility index (Phi) is 5.57. The number of hydrogen-bond acceptors (Lipinski definition) is 6. The van der Waals surface area contributed by atoms with E-state index >= 15 is 0 Å². The summed E-state index contributed by atoms with van der Waals surface area (Å²) in [6.07, 6.45) is 0. The first-order chi connectivity index (χ1) is 12.0. The number of amides is 1. The first-order valence-electron chi connectivity index (χ1n) is 8.30. The highest BCUT2D eigenvalue weighted by atomic mass is 32.2. The van der Waals surface area contributed by atoms with Gasteiger partial charge in [-0.1, -0.05) is 0 Å². The van der Waals surface area contributed by atoms with Crippen LogP contribution in [0.3, 0.4) is 0 Å². The summed E-state index contributed by atoms with van der Waals surface area (Å²) in [5, 5.41) is 3.19. The van der Waals surface area contributed by atoms with E-state index in [0.717, 1.165) is 13.1 Å². The molecule has 0 radical (unpaired) electrons. The van der Waals surface area contributed by atoms with E-state index in [1.165, 1.54) is 23.5 Å². The van der Waals surface area contributed by atoms with Gasteiger partial charge < -0.3 is 19.7 Å². The minimum Gasteiger partial charge on any atom is -0.496 e. The van der Waals surface area contributed by atoms with Gasteiger partial charge in [0.05, 0.1) is 30.8 Å². The topological polar surface area (TPSA) is 88.2 Å². The molecule has 2 aliphatic heterocycles. The number of ether oxygens (including phenoxy) is 2. The number of hydrogen-bond donors (Lipinski definition) is 1. The van der Waals surface area contributed by atoms with Crippen LogP contribution in [0.15, 0.2) is 23.1 Å². The summed E-state index contributed by atoms with van der Waals surface area (Å²) in [6, 6.07) is 4.45. The van der Waals surface area contributed by atoms with Gasteiger partial charge in [0.1, 0.15) is 5.75 Å². The van der Waals surface area contributed by atoms with Gasteiger partial charge in [-0.2, -0.15) is 4.31 Å². The first-order valence-corrected chi connectivity index (χ1v) is 9.74. The number of piperazine rings is 1. The van der Waals surface area contributed by atoms with E-state index in [1.54, 1.807) is 11.0 Å². The monoisotopic (exact) mass is 369 g/mol. The van der Waals surface area contributed by atoms with E-state index in [2.05, 4.69) is 5.32 Å². The number of nitrogens with one attached hydrogen (secondary N) is 1. The van der Waals surface area contributed by atoms with Crippen LogP contribution in [0.1, 0.15) is 10.4 Å². The van der Waals surface area contributed by atoms with Crippen molar-refractivity contribution in [2.45, 2.75) is 4.90 Å². The average molecular weight is 369 g/mol. The summed E-state index contributed by atoms with van der Waals surface area (Å²) in [7, 11) is -2.19. The Labute approximate surface area is 147 Å². The molecule has 0 bridgehead atoms. The second-order valence-electron chi connectivity index (χ2n) is 5.92. The summed E-state index contributed by atoms with van der Waals surface area (Å²) < 4.78 is 37.5. The molecule has 1 amide bonds. The Hall–Kier alpha value is -1.68. The molecule has 9 heteroatoms. The minimum absolute atomic E-state index is 0.105. The molecule has 138 valence electrons. The molecule has 0 spiro atoms. The summed E-state index contributed by atoms with van der Waals surface area (Å²) in [5.41, 5.74) is 0.277. The van der Waals surface area contributed by atoms with Crippen LogP contribution in [0.2, 0.25) is 0 Å². The van der Waals surface area contributed by atoms with Crippen LogP contribution in [0.5, 0.6) is 5.75 Å². The molecule has 1 aromatic rings. The highest BCUT2D eigenvalue weighted by Crippen LogP contribution is 2.26. The molecule has 25 heavy (non-hydrogen) atoms. The van der Waals surface area contributed by atoms with Crippen molar-refractivity contribution < 1.29 is 22.7 Å². The molecule has 2 saturated heterocycles. The van der Waals surface area contributed by atoms with Crippen LogP contribution in [0.4, 0.5) is 0 Å². The van der Waals surface area contributed by atoms with Gasteiger partial charge in [0.25, 0.3) is 5.91 Å². The largest absolute Gasteiger partial charge is 0.496 e. The summed E-state index contributed by atoms with van der Waals surface area (Å²) >= 11 is 0. The van der Waals surface area contributed by atoms with Gasteiger partial charge >= 0.3 is 0 Å². The number of morpholine rings is 1. The fourth-order valence-corrected chi connectivity index (χ4v) is 4.42. The first kappa shape index (κ1) is 18.1. The Morgan fingerprint density at radius 1 is 1.16 bits per heavy atom. The zero-order valence-corrected chi connectivity index (χ0v) is 15.0. The van der Waals surface area contributed by atoms with Crippen LogP contribution in [0.25, 0.3) is 0 Å². The van der Waals surface area contributed by atoms with Crippen molar-refractivity contribution in [1.29, 1.82) is 0 Å². The van der Waals surface area contributed by atoms with Gasteiger partial charge in [0, 0.05) is 39.3 Å². The standard InChI is InChI=1S/C16H23N3O5S/c1-23-15-3-2-13(25(21,22)19-8-10-24-11-9-19)12-14(15)16(20)18-6-4-17-5-7-18/h2-3,12,17H,4-11H2,1H3. The zero-order valence-electron chi connectivity index (χ0n) is 14.2. The van der Waals surface area contributed by atoms with Crippen molar-refractivity contribution in [3.63, 3.8) is 0 Å². The zero-order chi connectivity index (χ0) is 17.9. The maximum Gasteiger partial charge on any atom is 0.257 e. The molecule has 8 nitrogen and oxygen atoms in total. The molecule has 3 rings (SSSR count). The number of nitrogens with zero attached hydrogens (tertiary/aromatic N) is 2. The number of methoxy groups -OCH3 is 1. The number of benzene rings is 1. The van der Waals surface area contributed by atoms with E-state index in [1.807, 2.05) is 0 Å². The molecule has 1 N–H and O–H groups in total. The lowest BCUT2D eigenvalue weighted by Crippen LogP contribution is -2.46. The van der Waals surface area contributed by atoms with E-state index < -0.39 is 10.0 Å². The predicted molar refractivity (Wildman–Crippen MR) is 91.3 cm³/mol. The maximum atomic E-state index is 12.8. The Balaban J connectivity index is 1.92. The van der Waals surface area contributed by atoms with E-state index in [-0.39, 0.29) is 16.4 Å². The molecular weight excluding hydrogens is 346 g/mol. The predicted octanol–water partition coefficient (Wildman–Crippen LogP) is -0.238. The number of rotatable bonds is 4. The van der Waals surface area contributed by atoms with Gasteiger partial charge in [-0.25, -0.2) is 8.42 Å². The molecule has 2 aliphatic rings. The highest BCUT2D eigenvalue weighted by Gasteiger charge is 2.29. The van der Waals surface area contributed by atoms with Crippen molar-refractivity contribution in [3.05, 3.63) is 23.8 Å². The molecule has 0 atom stereocenters. The van der Waals surface area contributed by atoms with Gasteiger partial charge in [0.15, 0.2) is 0 Å². The third-order valence-electron chi connectivity index (χ3n) is 4.41. The molecule has 0 unspecified atom stereocenters. The summed E-state index contributed by atoms with van der Waals surface area (Å²) in [6.45, 7) is 4.00. The fraction of sp³-hybridized carbons (Fsp3) is 0.562. The molecule has 0 aliphatic carbocycles. The number of sulfonamides is 1. The van der Waals surface area contributed by atoms with Gasteiger partial charge in [-0.05, 0) is 18.2 Å². The lowest BCUT2D eigenvalue weighted by Gasteiger charge is -2.29. The summed E-state index contributed by atoms with van der Waals surface area (Å²) in [5.74, 6) is 0.168. The molecule has 0 saturated carbocycles. The van der Waals surface area contributed by atoms with Crippen LogP contribution in [-0.4, -0.2) is 83.1 Å². The lowest BCUT2D eigenvalue weighted by molar-refractivity contribution is 0.0726. The van der Waals surface area contributed by atoms with E-state index in [9.17, 15) is 13.2 Å². The average Bonchev–Trinajstić information content (AvgIpc) is 2.68. The van der Waals surface area contributed by atoms with E-state index in [4.69, 9.17) is 9.47 Å². The SMILES string of the molecule is COc1ccc(S(=O)(=O)N2CCOCC2)cc1C(=O)N1CCNCC1. The van der Waals surface area contributed by atoms with Crippen molar-refractivity contribution in [2.75, 3.05) is 59.6 Å². The van der Waals surface area contributed by atoms with Crippen molar-refractivity contribution in [2.24, 2.45) is 0 Å². The Morgan fingerprint density at radius 3 is 2.48 bits per heavy atom. The lowest BCUT2D eigenvalue weighted by atomic mass is 10.1. The minimum atomic E-state index is -3.66. The Morgan fingerprint density at radius 2 is 1.84 bits per heavy atom. The normalized spacial score (nSPS) is 19.6. The van der Waals surface area contributed by atoms with Gasteiger partial charge in [0.2, 0.25) is 10.0 Å². The summed E-state index contributed by atoms with van der Waals surface area (Å²) in [4.78, 5) is 14.6. The fourth-order valence-electron chi connectivity index (χ4n) is 2.99. The molecule has 1 aromatic carbocycles. The van der Waals surface area contributed by atoms with Gasteiger partial charge in [-0.3, -0.25) is 4.79 Å². The molecular formula is C16H23N3O5S. The maximum absolute atomic E-state index is 12.8. The van der Waals surface area contributed by atoms with Crippen LogP contribution in [0, 0.1) is 0 Å². The van der Waals surface area contributed by atoms with Crippen molar-refractivity contribution >= 4 is 15.9 Å². The Bertz CT molecular complexity index is 725. The quantitative estimate of drug-likeness (QED) is 0.788. The second-order valence-corrected chi connectivity index (χ2v) is 7.86. The molecule has 2 heterocycles. The third kappa shape index (κ3) is 3.79. The van der Waals surface area contributed by atoms with Crippen molar-refractivity contribution in [1.82, 2.24) is 14.5 Å². The molecule has 2 fully saturated rings. The number of carbonyl (C=O) groups excluding carboxylic acids is 1. The van der Waals surface area contributed by atoms with Gasteiger partial charge in [-0.15, -0.1) is 0 Å².